The van der Waals surface area contributed by atoms with Crippen molar-refractivity contribution in [3.8, 4) is 11.5 Å². The van der Waals surface area contributed by atoms with Crippen molar-refractivity contribution >= 4 is 17.5 Å². The fraction of sp³-hybridized carbons (Fsp3) is 0.607. The number of hydrogen-bond acceptors (Lipinski definition) is 7. The van der Waals surface area contributed by atoms with Crippen LogP contribution in [-0.2, 0) is 19.1 Å². The number of aliphatic imine (C=N–C) groups is 1. The number of fused-ring (bicyclic) bond motifs is 1. The summed E-state index contributed by atoms with van der Waals surface area (Å²) in [5, 5.41) is 0. The van der Waals surface area contributed by atoms with Gasteiger partial charge in [-0.15, -0.1) is 0 Å². The molecule has 3 aliphatic rings. The van der Waals surface area contributed by atoms with Crippen LogP contribution >= 0.6 is 0 Å². The second-order valence-corrected chi connectivity index (χ2v) is 10.5. The van der Waals surface area contributed by atoms with Gasteiger partial charge in [-0.05, 0) is 55.7 Å². The number of ketones is 1. The first-order chi connectivity index (χ1) is 16.7. The van der Waals surface area contributed by atoms with E-state index < -0.39 is 17.8 Å². The summed E-state index contributed by atoms with van der Waals surface area (Å²) in [4.78, 5) is 31.7. The number of esters is 1. The number of carbonyl (C=O) groups excluding carboxylic acids is 2. The number of Topliss-reactive ketones (excluding diaryl/α,β-unsaturated/α-hetero) is 1. The summed E-state index contributed by atoms with van der Waals surface area (Å²) in [5.74, 6) is -0.0994. The zero-order valence-electron chi connectivity index (χ0n) is 21.5. The standard InChI is InChI=1S/C28H37NO6/c1-6-11-34-22-10-9-18(13-23(22)32-5)25-24(27(31)35-16-19-8-7-12-33-19)17(2)29-20-14-28(3,4)15-21(30)26(20)25/h9-10,13,19,25-26H,6-8,11-12,14-16H2,1-5H3/t19-,25+,26?/m0/s1. The molecule has 1 aliphatic carbocycles. The smallest absolute Gasteiger partial charge is 0.336 e. The van der Waals surface area contributed by atoms with Crippen molar-refractivity contribution in [2.75, 3.05) is 26.9 Å². The number of nitrogens with zero attached hydrogens (tertiary/aromatic N) is 1. The summed E-state index contributed by atoms with van der Waals surface area (Å²) in [6, 6.07) is 5.66. The van der Waals surface area contributed by atoms with Crippen molar-refractivity contribution in [2.24, 2.45) is 16.3 Å². The van der Waals surface area contributed by atoms with Gasteiger partial charge in [-0.2, -0.15) is 0 Å². The Morgan fingerprint density at radius 1 is 1.20 bits per heavy atom. The molecule has 1 unspecified atom stereocenters. The second kappa shape index (κ2) is 10.5. The van der Waals surface area contributed by atoms with Gasteiger partial charge < -0.3 is 18.9 Å². The van der Waals surface area contributed by atoms with E-state index in [1.807, 2.05) is 32.0 Å². The molecule has 1 aromatic rings. The Labute approximate surface area is 207 Å². The predicted molar refractivity (Wildman–Crippen MR) is 133 cm³/mol. The lowest BCUT2D eigenvalue weighted by molar-refractivity contribution is -0.142. The van der Waals surface area contributed by atoms with E-state index in [1.54, 1.807) is 7.11 Å². The number of rotatable bonds is 8. The van der Waals surface area contributed by atoms with Crippen LogP contribution in [0.2, 0.25) is 0 Å². The molecule has 0 aromatic heterocycles. The van der Waals surface area contributed by atoms with Gasteiger partial charge >= 0.3 is 5.97 Å². The third kappa shape index (κ3) is 5.45. The molecule has 1 saturated carbocycles. The monoisotopic (exact) mass is 483 g/mol. The van der Waals surface area contributed by atoms with E-state index in [0.29, 0.717) is 48.8 Å². The molecule has 0 N–H and O–H groups in total. The maximum Gasteiger partial charge on any atom is 0.336 e. The highest BCUT2D eigenvalue weighted by atomic mass is 16.6. The Morgan fingerprint density at radius 2 is 2.00 bits per heavy atom. The molecule has 1 aromatic carbocycles. The molecule has 7 heteroatoms. The minimum absolute atomic E-state index is 0.0758. The molecule has 4 rings (SSSR count). The molecule has 35 heavy (non-hydrogen) atoms. The van der Waals surface area contributed by atoms with Crippen molar-refractivity contribution < 1.29 is 28.5 Å². The van der Waals surface area contributed by atoms with E-state index in [1.165, 1.54) is 0 Å². The van der Waals surface area contributed by atoms with E-state index in [2.05, 4.69) is 13.8 Å². The van der Waals surface area contributed by atoms with E-state index in [0.717, 1.165) is 30.5 Å². The molecular weight excluding hydrogens is 446 g/mol. The van der Waals surface area contributed by atoms with Crippen molar-refractivity contribution in [3.05, 3.63) is 35.0 Å². The zero-order valence-corrected chi connectivity index (χ0v) is 21.5. The Morgan fingerprint density at radius 3 is 2.69 bits per heavy atom. The van der Waals surface area contributed by atoms with Crippen LogP contribution in [0.25, 0.3) is 0 Å². The molecule has 0 amide bonds. The lowest BCUT2D eigenvalue weighted by atomic mass is 9.63. The van der Waals surface area contributed by atoms with Crippen LogP contribution in [0.1, 0.15) is 71.3 Å². The highest BCUT2D eigenvalue weighted by Gasteiger charge is 2.48. The third-order valence-electron chi connectivity index (χ3n) is 7.02. The highest BCUT2D eigenvalue weighted by molar-refractivity contribution is 6.12. The molecule has 0 spiro atoms. The van der Waals surface area contributed by atoms with Gasteiger partial charge in [0.15, 0.2) is 11.5 Å². The van der Waals surface area contributed by atoms with Crippen LogP contribution in [0, 0.1) is 11.3 Å². The number of ether oxygens (including phenoxy) is 4. The summed E-state index contributed by atoms with van der Waals surface area (Å²) in [6.45, 7) is 9.53. The SMILES string of the molecule is CCCOc1ccc([C@@H]2C(C(=O)OC[C@@H]3CCCO3)=C(C)N=C3CC(C)(C)CC(=O)C32)cc1OC. The minimum Gasteiger partial charge on any atom is -0.493 e. The van der Waals surface area contributed by atoms with Gasteiger partial charge in [0.05, 0.1) is 31.3 Å². The quantitative estimate of drug-likeness (QED) is 0.483. The van der Waals surface area contributed by atoms with Gasteiger partial charge in [0.1, 0.15) is 12.4 Å². The van der Waals surface area contributed by atoms with Crippen molar-refractivity contribution in [1.82, 2.24) is 0 Å². The van der Waals surface area contributed by atoms with Gasteiger partial charge in [0.25, 0.3) is 0 Å². The second-order valence-electron chi connectivity index (χ2n) is 10.5. The lowest BCUT2D eigenvalue weighted by Gasteiger charge is -2.41. The van der Waals surface area contributed by atoms with Crippen LogP contribution in [-0.4, -0.2) is 50.5 Å². The maximum absolute atomic E-state index is 13.5. The first-order valence-electron chi connectivity index (χ1n) is 12.6. The summed E-state index contributed by atoms with van der Waals surface area (Å²) >= 11 is 0. The molecule has 7 nitrogen and oxygen atoms in total. The van der Waals surface area contributed by atoms with Crippen LogP contribution in [0.4, 0.5) is 0 Å². The Bertz CT molecular complexity index is 1030. The average Bonchev–Trinajstić information content (AvgIpc) is 3.33. The summed E-state index contributed by atoms with van der Waals surface area (Å²) in [6.07, 6.45) is 3.81. The van der Waals surface area contributed by atoms with Gasteiger partial charge in [-0.3, -0.25) is 9.79 Å². The molecule has 0 radical (unpaired) electrons. The number of carbonyl (C=O) groups is 2. The van der Waals surface area contributed by atoms with Gasteiger partial charge in [0.2, 0.25) is 0 Å². The van der Waals surface area contributed by atoms with Crippen LogP contribution in [0.3, 0.4) is 0 Å². The predicted octanol–water partition coefficient (Wildman–Crippen LogP) is 5.02. The molecule has 0 bridgehead atoms. The normalized spacial score (nSPS) is 25.7. The van der Waals surface area contributed by atoms with Crippen LogP contribution in [0.15, 0.2) is 34.5 Å². The molecule has 3 atom stereocenters. The molecule has 190 valence electrons. The molecule has 2 heterocycles. The third-order valence-corrected chi connectivity index (χ3v) is 7.02. The Hall–Kier alpha value is -2.67. The summed E-state index contributed by atoms with van der Waals surface area (Å²) in [7, 11) is 1.60. The first kappa shape index (κ1) is 25.4. The van der Waals surface area contributed by atoms with Crippen molar-refractivity contribution in [1.29, 1.82) is 0 Å². The number of benzene rings is 1. The van der Waals surface area contributed by atoms with Gasteiger partial charge in [-0.25, -0.2) is 4.79 Å². The van der Waals surface area contributed by atoms with E-state index >= 15 is 0 Å². The van der Waals surface area contributed by atoms with Crippen LogP contribution < -0.4 is 9.47 Å². The van der Waals surface area contributed by atoms with E-state index in [4.69, 9.17) is 23.9 Å². The maximum atomic E-state index is 13.5. The molecular formula is C28H37NO6. The fourth-order valence-corrected chi connectivity index (χ4v) is 5.45. The van der Waals surface area contributed by atoms with Crippen molar-refractivity contribution in [2.45, 2.75) is 71.8 Å². The topological polar surface area (TPSA) is 83.4 Å². The van der Waals surface area contributed by atoms with Gasteiger partial charge in [0, 0.05) is 30.4 Å². The van der Waals surface area contributed by atoms with Crippen molar-refractivity contribution in [3.63, 3.8) is 0 Å². The largest absolute Gasteiger partial charge is 0.493 e. The fourth-order valence-electron chi connectivity index (χ4n) is 5.45. The zero-order chi connectivity index (χ0) is 25.2. The average molecular weight is 484 g/mol. The lowest BCUT2D eigenvalue weighted by Crippen LogP contribution is -2.44. The Balaban J connectivity index is 1.73. The minimum atomic E-state index is -0.496. The van der Waals surface area contributed by atoms with Crippen LogP contribution in [0.5, 0.6) is 11.5 Å². The number of allylic oxidation sites excluding steroid dienone is 1. The summed E-state index contributed by atoms with van der Waals surface area (Å²) < 4.78 is 22.8. The number of methoxy groups -OCH3 is 1. The Kier molecular flexibility index (Phi) is 7.64. The first-order valence-corrected chi connectivity index (χ1v) is 12.6. The molecule has 2 aliphatic heterocycles. The number of hydrogen-bond donors (Lipinski definition) is 0. The summed E-state index contributed by atoms with van der Waals surface area (Å²) in [5.41, 5.74) is 2.54. The van der Waals surface area contributed by atoms with E-state index in [9.17, 15) is 9.59 Å². The van der Waals surface area contributed by atoms with E-state index in [-0.39, 0.29) is 23.9 Å². The van der Waals surface area contributed by atoms with Gasteiger partial charge in [-0.1, -0.05) is 26.8 Å². The molecule has 1 saturated heterocycles. The highest BCUT2D eigenvalue weighted by Crippen LogP contribution is 2.48. The molecule has 2 fully saturated rings.